The van der Waals surface area contributed by atoms with E-state index in [-0.39, 0.29) is 68.5 Å². The zero-order valence-electron chi connectivity index (χ0n) is 12.6. The maximum atomic E-state index is 11.5. The SMILES string of the molecule is COC[C@@H]([C@@H](C)N1CC(=O)NC(=O)C1)N1CC(=O)NC(=O)C1. The highest BCUT2D eigenvalue weighted by Gasteiger charge is 2.36. The molecule has 2 saturated heterocycles. The molecule has 0 unspecified atom stereocenters. The molecule has 2 heterocycles. The van der Waals surface area contributed by atoms with Crippen LogP contribution in [0.15, 0.2) is 0 Å². The zero-order chi connectivity index (χ0) is 16.3. The molecule has 2 atom stereocenters. The Bertz CT molecular complexity index is 463. The molecule has 9 nitrogen and oxygen atoms in total. The zero-order valence-corrected chi connectivity index (χ0v) is 12.6. The van der Waals surface area contributed by atoms with E-state index in [1.54, 1.807) is 9.80 Å². The normalized spacial score (nSPS) is 23.9. The van der Waals surface area contributed by atoms with Crippen LogP contribution in [-0.4, -0.2) is 85.4 Å². The largest absolute Gasteiger partial charge is 0.383 e. The van der Waals surface area contributed by atoms with Crippen LogP contribution in [0.3, 0.4) is 0 Å². The highest BCUT2D eigenvalue weighted by molar-refractivity contribution is 6.00. The van der Waals surface area contributed by atoms with Crippen molar-refractivity contribution in [3.63, 3.8) is 0 Å². The summed E-state index contributed by atoms with van der Waals surface area (Å²) in [7, 11) is 1.53. The highest BCUT2D eigenvalue weighted by atomic mass is 16.5. The molecule has 2 aliphatic heterocycles. The van der Waals surface area contributed by atoms with Gasteiger partial charge in [0.25, 0.3) is 0 Å². The lowest BCUT2D eigenvalue weighted by Gasteiger charge is -2.41. The molecular formula is C13H20N4O5. The number of nitrogens with one attached hydrogen (secondary N) is 2. The molecule has 2 fully saturated rings. The van der Waals surface area contributed by atoms with E-state index in [1.165, 1.54) is 7.11 Å². The Morgan fingerprint density at radius 3 is 1.73 bits per heavy atom. The number of ether oxygens (including phenoxy) is 1. The van der Waals surface area contributed by atoms with Gasteiger partial charge >= 0.3 is 0 Å². The fourth-order valence-electron chi connectivity index (χ4n) is 2.81. The summed E-state index contributed by atoms with van der Waals surface area (Å²) in [5.74, 6) is -1.44. The number of carbonyl (C=O) groups excluding carboxylic acids is 4. The van der Waals surface area contributed by atoms with Crippen LogP contribution in [0.4, 0.5) is 0 Å². The number of piperazine rings is 2. The summed E-state index contributed by atoms with van der Waals surface area (Å²) < 4.78 is 5.20. The maximum Gasteiger partial charge on any atom is 0.240 e. The van der Waals surface area contributed by atoms with Gasteiger partial charge in [-0.05, 0) is 6.92 Å². The third-order valence-corrected chi connectivity index (χ3v) is 3.88. The predicted octanol–water partition coefficient (Wildman–Crippen LogP) is -2.69. The molecule has 2 N–H and O–H groups in total. The molecule has 0 spiro atoms. The average molecular weight is 312 g/mol. The lowest BCUT2D eigenvalue weighted by molar-refractivity contribution is -0.142. The molecule has 0 radical (unpaired) electrons. The smallest absolute Gasteiger partial charge is 0.240 e. The van der Waals surface area contributed by atoms with Crippen molar-refractivity contribution in [2.75, 3.05) is 39.9 Å². The van der Waals surface area contributed by atoms with Crippen molar-refractivity contribution in [3.8, 4) is 0 Å². The lowest BCUT2D eigenvalue weighted by Crippen LogP contribution is -2.63. The number of imide groups is 2. The van der Waals surface area contributed by atoms with Gasteiger partial charge < -0.3 is 4.74 Å². The molecule has 0 saturated carbocycles. The molecule has 0 aromatic heterocycles. The predicted molar refractivity (Wildman–Crippen MR) is 74.6 cm³/mol. The van der Waals surface area contributed by atoms with Crippen LogP contribution in [0.25, 0.3) is 0 Å². The summed E-state index contributed by atoms with van der Waals surface area (Å²) in [6.45, 7) is 2.50. The third-order valence-electron chi connectivity index (χ3n) is 3.88. The first-order chi connectivity index (χ1) is 10.4. The first kappa shape index (κ1) is 16.5. The summed E-state index contributed by atoms with van der Waals surface area (Å²) in [5, 5.41) is 4.49. The number of nitrogens with zero attached hydrogens (tertiary/aromatic N) is 2. The first-order valence-electron chi connectivity index (χ1n) is 7.03. The molecule has 9 heteroatoms. The van der Waals surface area contributed by atoms with Crippen molar-refractivity contribution in [3.05, 3.63) is 0 Å². The molecule has 122 valence electrons. The Morgan fingerprint density at radius 1 is 0.909 bits per heavy atom. The fraction of sp³-hybridized carbons (Fsp3) is 0.692. The number of rotatable bonds is 5. The van der Waals surface area contributed by atoms with Crippen molar-refractivity contribution in [2.24, 2.45) is 0 Å². The van der Waals surface area contributed by atoms with Crippen molar-refractivity contribution in [1.82, 2.24) is 20.4 Å². The number of carbonyl (C=O) groups is 4. The van der Waals surface area contributed by atoms with Crippen molar-refractivity contribution < 1.29 is 23.9 Å². The Morgan fingerprint density at radius 2 is 1.32 bits per heavy atom. The Hall–Kier alpha value is -1.84. The van der Waals surface area contributed by atoms with Crippen molar-refractivity contribution in [2.45, 2.75) is 19.0 Å². The van der Waals surface area contributed by atoms with Gasteiger partial charge in [0.2, 0.25) is 23.6 Å². The van der Waals surface area contributed by atoms with Crippen LogP contribution in [0.1, 0.15) is 6.92 Å². The van der Waals surface area contributed by atoms with Crippen molar-refractivity contribution in [1.29, 1.82) is 0 Å². The highest BCUT2D eigenvalue weighted by Crippen LogP contribution is 2.14. The molecule has 2 rings (SSSR count). The van der Waals surface area contributed by atoms with E-state index in [0.29, 0.717) is 0 Å². The Kier molecular flexibility index (Phi) is 5.22. The summed E-state index contributed by atoms with van der Waals surface area (Å²) in [6, 6.07) is -0.507. The van der Waals surface area contributed by atoms with Gasteiger partial charge in [-0.15, -0.1) is 0 Å². The van der Waals surface area contributed by atoms with E-state index >= 15 is 0 Å². The second-order valence-corrected chi connectivity index (χ2v) is 5.52. The maximum absolute atomic E-state index is 11.5. The van der Waals surface area contributed by atoms with E-state index in [4.69, 9.17) is 4.74 Å². The van der Waals surface area contributed by atoms with Gasteiger partial charge in [0, 0.05) is 19.2 Å². The van der Waals surface area contributed by atoms with Gasteiger partial charge in [-0.3, -0.25) is 39.6 Å². The average Bonchev–Trinajstić information content (AvgIpc) is 2.41. The van der Waals surface area contributed by atoms with E-state index < -0.39 is 0 Å². The van der Waals surface area contributed by atoms with Crippen molar-refractivity contribution >= 4 is 23.6 Å². The lowest BCUT2D eigenvalue weighted by atomic mass is 10.0. The van der Waals surface area contributed by atoms with Gasteiger partial charge in [-0.25, -0.2) is 0 Å². The molecule has 0 bridgehead atoms. The van der Waals surface area contributed by atoms with Gasteiger partial charge in [-0.2, -0.15) is 0 Å². The van der Waals surface area contributed by atoms with Crippen LogP contribution < -0.4 is 10.6 Å². The van der Waals surface area contributed by atoms with E-state index in [1.807, 2.05) is 6.92 Å². The molecule has 2 aliphatic rings. The fourth-order valence-corrected chi connectivity index (χ4v) is 2.81. The van der Waals surface area contributed by atoms with E-state index in [0.717, 1.165) is 0 Å². The van der Waals surface area contributed by atoms with Gasteiger partial charge in [0.1, 0.15) is 0 Å². The molecular weight excluding hydrogens is 292 g/mol. The van der Waals surface area contributed by atoms with Gasteiger partial charge in [0.05, 0.1) is 32.8 Å². The molecule has 0 aromatic carbocycles. The van der Waals surface area contributed by atoms with Crippen LogP contribution in [0, 0.1) is 0 Å². The van der Waals surface area contributed by atoms with Crippen LogP contribution in [-0.2, 0) is 23.9 Å². The summed E-state index contributed by atoms with van der Waals surface area (Å²) in [5.41, 5.74) is 0. The number of methoxy groups -OCH3 is 1. The molecule has 0 aromatic rings. The number of amides is 4. The number of hydrogen-bond donors (Lipinski definition) is 2. The Balaban J connectivity index is 2.12. The standard InChI is InChI=1S/C13H20N4O5/c1-8(16-3-10(18)14-11(19)4-16)9(7-22-2)17-5-12(20)15-13(21)6-17/h8-9H,3-7H2,1-2H3,(H,14,18,19)(H,15,20,21)/t8-,9+/m1/s1. The minimum absolute atomic E-state index is 0.0814. The number of hydrogen-bond acceptors (Lipinski definition) is 7. The molecule has 4 amide bonds. The summed E-state index contributed by atoms with van der Waals surface area (Å²) in [6.07, 6.45) is 0. The minimum atomic E-state index is -0.364. The monoisotopic (exact) mass is 312 g/mol. The Labute approximate surface area is 127 Å². The third kappa shape index (κ3) is 3.87. The quantitative estimate of drug-likeness (QED) is 0.532. The first-order valence-corrected chi connectivity index (χ1v) is 7.03. The summed E-state index contributed by atoms with van der Waals surface area (Å²) in [4.78, 5) is 49.6. The van der Waals surface area contributed by atoms with Gasteiger partial charge in [-0.1, -0.05) is 0 Å². The second-order valence-electron chi connectivity index (χ2n) is 5.52. The van der Waals surface area contributed by atoms with Crippen LogP contribution in [0.5, 0.6) is 0 Å². The van der Waals surface area contributed by atoms with Gasteiger partial charge in [0.15, 0.2) is 0 Å². The topological polar surface area (TPSA) is 108 Å². The van der Waals surface area contributed by atoms with E-state index in [2.05, 4.69) is 10.6 Å². The van der Waals surface area contributed by atoms with Crippen LogP contribution in [0.2, 0.25) is 0 Å². The van der Waals surface area contributed by atoms with E-state index in [9.17, 15) is 19.2 Å². The van der Waals surface area contributed by atoms with Crippen LogP contribution >= 0.6 is 0 Å². The minimum Gasteiger partial charge on any atom is -0.383 e. The molecule has 0 aliphatic carbocycles. The second kappa shape index (κ2) is 6.95. The summed E-state index contributed by atoms with van der Waals surface area (Å²) >= 11 is 0. The molecule has 22 heavy (non-hydrogen) atoms.